The molecule has 4 rings (SSSR count). The SMILES string of the molecule is Cc1cc2oc(=O)cc(COC(=O)CCn3cnc4sc(C)c(C)c4c3=O)c2cc1C. The van der Waals surface area contributed by atoms with Gasteiger partial charge >= 0.3 is 11.6 Å². The Labute approximate surface area is 181 Å². The maximum absolute atomic E-state index is 12.7. The molecule has 0 N–H and O–H groups in total. The molecule has 8 heteroatoms. The molecule has 0 radical (unpaired) electrons. The van der Waals surface area contributed by atoms with Crippen LogP contribution in [-0.2, 0) is 22.7 Å². The second-order valence-corrected chi connectivity index (χ2v) is 8.84. The maximum Gasteiger partial charge on any atom is 0.336 e. The molecule has 160 valence electrons. The molecule has 0 unspecified atom stereocenters. The van der Waals surface area contributed by atoms with E-state index in [-0.39, 0.29) is 25.1 Å². The van der Waals surface area contributed by atoms with Gasteiger partial charge in [0.1, 0.15) is 17.0 Å². The van der Waals surface area contributed by atoms with Crippen LogP contribution in [0.1, 0.15) is 33.6 Å². The van der Waals surface area contributed by atoms with Gasteiger partial charge in [-0.1, -0.05) is 0 Å². The number of fused-ring (bicyclic) bond motifs is 2. The normalized spacial score (nSPS) is 11.4. The maximum atomic E-state index is 12.7. The third kappa shape index (κ3) is 4.03. The van der Waals surface area contributed by atoms with Gasteiger partial charge in [-0.05, 0) is 56.5 Å². The summed E-state index contributed by atoms with van der Waals surface area (Å²) in [6.45, 7) is 7.89. The molecule has 0 aliphatic rings. The van der Waals surface area contributed by atoms with Gasteiger partial charge in [-0.15, -0.1) is 11.3 Å². The summed E-state index contributed by atoms with van der Waals surface area (Å²) in [5.74, 6) is -0.463. The lowest BCUT2D eigenvalue weighted by molar-refractivity contribution is -0.145. The van der Waals surface area contributed by atoms with E-state index in [4.69, 9.17) is 9.15 Å². The second kappa shape index (κ2) is 8.11. The fourth-order valence-electron chi connectivity index (χ4n) is 3.47. The fraction of sp³-hybridized carbons (Fsp3) is 0.304. The molecular formula is C23H22N2O5S. The van der Waals surface area contributed by atoms with Crippen LogP contribution < -0.4 is 11.2 Å². The molecule has 7 nitrogen and oxygen atoms in total. The molecule has 0 atom stereocenters. The van der Waals surface area contributed by atoms with Crippen LogP contribution >= 0.6 is 11.3 Å². The number of nitrogens with zero attached hydrogens (tertiary/aromatic N) is 2. The van der Waals surface area contributed by atoms with Crippen molar-refractivity contribution in [3.05, 3.63) is 72.4 Å². The van der Waals surface area contributed by atoms with E-state index in [9.17, 15) is 14.4 Å². The van der Waals surface area contributed by atoms with Crippen molar-refractivity contribution in [2.24, 2.45) is 0 Å². The zero-order valence-electron chi connectivity index (χ0n) is 17.8. The summed E-state index contributed by atoms with van der Waals surface area (Å²) in [6, 6.07) is 5.07. The van der Waals surface area contributed by atoms with E-state index in [1.165, 1.54) is 28.3 Å². The Morgan fingerprint density at radius 1 is 1.13 bits per heavy atom. The third-order valence-corrected chi connectivity index (χ3v) is 6.66. The molecule has 0 saturated heterocycles. The number of esters is 1. The summed E-state index contributed by atoms with van der Waals surface area (Å²) in [5, 5.41) is 1.34. The van der Waals surface area contributed by atoms with Crippen LogP contribution in [0.5, 0.6) is 0 Å². The summed E-state index contributed by atoms with van der Waals surface area (Å²) in [4.78, 5) is 43.0. The Morgan fingerprint density at radius 2 is 1.87 bits per heavy atom. The van der Waals surface area contributed by atoms with E-state index in [0.29, 0.717) is 21.4 Å². The van der Waals surface area contributed by atoms with E-state index in [0.717, 1.165) is 27.0 Å². The Morgan fingerprint density at radius 3 is 2.65 bits per heavy atom. The quantitative estimate of drug-likeness (QED) is 0.346. The minimum Gasteiger partial charge on any atom is -0.461 e. The first-order valence-electron chi connectivity index (χ1n) is 9.89. The van der Waals surface area contributed by atoms with Crippen molar-refractivity contribution in [2.45, 2.75) is 47.3 Å². The molecule has 0 fully saturated rings. The van der Waals surface area contributed by atoms with Gasteiger partial charge < -0.3 is 9.15 Å². The minimum absolute atomic E-state index is 0.0206. The predicted molar refractivity (Wildman–Crippen MR) is 120 cm³/mol. The van der Waals surface area contributed by atoms with Crippen molar-refractivity contribution in [2.75, 3.05) is 0 Å². The Hall–Kier alpha value is -3.26. The van der Waals surface area contributed by atoms with E-state index < -0.39 is 11.6 Å². The molecule has 0 amide bonds. The highest BCUT2D eigenvalue weighted by molar-refractivity contribution is 7.18. The van der Waals surface area contributed by atoms with E-state index in [1.807, 2.05) is 33.8 Å². The molecule has 4 aromatic rings. The number of carbonyl (C=O) groups excluding carboxylic acids is 1. The van der Waals surface area contributed by atoms with Gasteiger partial charge in [0, 0.05) is 28.4 Å². The summed E-state index contributed by atoms with van der Waals surface area (Å²) < 4.78 is 12.1. The van der Waals surface area contributed by atoms with E-state index in [2.05, 4.69) is 4.98 Å². The largest absolute Gasteiger partial charge is 0.461 e. The monoisotopic (exact) mass is 438 g/mol. The van der Waals surface area contributed by atoms with Gasteiger partial charge in [0.25, 0.3) is 5.56 Å². The van der Waals surface area contributed by atoms with Crippen molar-refractivity contribution in [3.63, 3.8) is 0 Å². The number of rotatable bonds is 5. The zero-order chi connectivity index (χ0) is 22.3. The third-order valence-electron chi connectivity index (χ3n) is 5.55. The molecule has 0 saturated carbocycles. The lowest BCUT2D eigenvalue weighted by atomic mass is 10.0. The zero-order valence-corrected chi connectivity index (χ0v) is 18.6. The first-order chi connectivity index (χ1) is 14.7. The van der Waals surface area contributed by atoms with Crippen LogP contribution in [0.15, 0.2) is 38.5 Å². The average molecular weight is 439 g/mol. The number of thiophene rings is 1. The van der Waals surface area contributed by atoms with Crippen molar-refractivity contribution >= 4 is 38.5 Å². The molecule has 31 heavy (non-hydrogen) atoms. The highest BCUT2D eigenvalue weighted by Gasteiger charge is 2.14. The van der Waals surface area contributed by atoms with Crippen molar-refractivity contribution < 1.29 is 13.9 Å². The smallest absolute Gasteiger partial charge is 0.336 e. The number of hydrogen-bond acceptors (Lipinski definition) is 7. The van der Waals surface area contributed by atoms with Gasteiger partial charge in [-0.25, -0.2) is 9.78 Å². The number of hydrogen-bond donors (Lipinski definition) is 0. The Bertz CT molecular complexity index is 1440. The highest BCUT2D eigenvalue weighted by Crippen LogP contribution is 2.25. The van der Waals surface area contributed by atoms with E-state index >= 15 is 0 Å². The van der Waals surface area contributed by atoms with Crippen LogP contribution in [0.4, 0.5) is 0 Å². The van der Waals surface area contributed by atoms with Crippen molar-refractivity contribution in [1.82, 2.24) is 9.55 Å². The molecule has 0 aliphatic carbocycles. The lowest BCUT2D eigenvalue weighted by Crippen LogP contribution is -2.22. The fourth-order valence-corrected chi connectivity index (χ4v) is 4.46. The second-order valence-electron chi connectivity index (χ2n) is 7.64. The van der Waals surface area contributed by atoms with Gasteiger partial charge in [0.15, 0.2) is 0 Å². The van der Waals surface area contributed by atoms with Crippen LogP contribution in [0.3, 0.4) is 0 Å². The summed E-state index contributed by atoms with van der Waals surface area (Å²) in [6.07, 6.45) is 1.49. The molecule has 3 heterocycles. The summed E-state index contributed by atoms with van der Waals surface area (Å²) in [7, 11) is 0. The Kier molecular flexibility index (Phi) is 5.49. The number of benzene rings is 1. The lowest BCUT2D eigenvalue weighted by Gasteiger charge is -2.10. The van der Waals surface area contributed by atoms with E-state index in [1.54, 1.807) is 6.07 Å². The first kappa shape index (κ1) is 21.0. The van der Waals surface area contributed by atoms with Gasteiger partial charge in [-0.3, -0.25) is 14.2 Å². The van der Waals surface area contributed by atoms with Crippen molar-refractivity contribution in [1.29, 1.82) is 0 Å². The number of aryl methyl sites for hydroxylation is 5. The molecule has 1 aromatic carbocycles. The molecular weight excluding hydrogens is 416 g/mol. The predicted octanol–water partition coefficient (Wildman–Crippen LogP) is 3.93. The minimum atomic E-state index is -0.492. The summed E-state index contributed by atoms with van der Waals surface area (Å²) >= 11 is 1.49. The van der Waals surface area contributed by atoms with Crippen molar-refractivity contribution in [3.8, 4) is 0 Å². The van der Waals surface area contributed by atoms with Gasteiger partial charge in [0.2, 0.25) is 0 Å². The van der Waals surface area contributed by atoms with Crippen LogP contribution in [-0.4, -0.2) is 15.5 Å². The first-order valence-corrected chi connectivity index (χ1v) is 10.7. The number of ether oxygens (including phenoxy) is 1. The number of carbonyl (C=O) groups is 1. The molecule has 0 bridgehead atoms. The number of aromatic nitrogens is 2. The molecule has 0 aliphatic heterocycles. The Balaban J connectivity index is 1.48. The standard InChI is InChI=1S/C23H22N2O5S/c1-12-7-17-16(9-20(27)30-18(17)8-13(12)2)10-29-19(26)5-6-25-11-24-22-21(23(25)28)14(3)15(4)31-22/h7-9,11H,5-6,10H2,1-4H3. The summed E-state index contributed by atoms with van der Waals surface area (Å²) in [5.41, 5.74) is 3.40. The molecule has 3 aromatic heterocycles. The van der Waals surface area contributed by atoms with Crippen LogP contribution in [0, 0.1) is 27.7 Å². The van der Waals surface area contributed by atoms with Gasteiger partial charge in [-0.2, -0.15) is 0 Å². The van der Waals surface area contributed by atoms with Crippen LogP contribution in [0.2, 0.25) is 0 Å². The highest BCUT2D eigenvalue weighted by atomic mass is 32.1. The molecule has 0 spiro atoms. The topological polar surface area (TPSA) is 91.4 Å². The van der Waals surface area contributed by atoms with Crippen LogP contribution in [0.25, 0.3) is 21.2 Å². The van der Waals surface area contributed by atoms with Gasteiger partial charge in [0.05, 0.1) is 18.1 Å². The average Bonchev–Trinajstić information content (AvgIpc) is 3.01.